The summed E-state index contributed by atoms with van der Waals surface area (Å²) in [4.78, 5) is 22.6. The van der Waals surface area contributed by atoms with Crippen molar-refractivity contribution in [2.45, 2.75) is 91.8 Å². The zero-order valence-electron chi connectivity index (χ0n) is 28.4. The van der Waals surface area contributed by atoms with Gasteiger partial charge in [0.25, 0.3) is 0 Å². The van der Waals surface area contributed by atoms with E-state index in [1.807, 2.05) is 45.9 Å². The molecule has 0 fully saturated rings. The molecular weight excluding hydrogens is 569 g/mol. The average Bonchev–Trinajstić information content (AvgIpc) is 3.33. The number of amides is 1. The number of aliphatic hydroxyl groups is 2. The molecule has 2 radical (unpaired) electrons. The molecular formula is C35H48BN3O6. The van der Waals surface area contributed by atoms with Crippen molar-refractivity contribution in [3.63, 3.8) is 0 Å². The molecule has 4 aromatic rings. The van der Waals surface area contributed by atoms with Gasteiger partial charge >= 0.3 is 6.09 Å². The van der Waals surface area contributed by atoms with Gasteiger partial charge in [0.1, 0.15) is 31.6 Å². The Balaban J connectivity index is 0.000000434. The zero-order valence-corrected chi connectivity index (χ0v) is 28.4. The van der Waals surface area contributed by atoms with Crippen LogP contribution in [0.4, 0.5) is 4.79 Å². The normalized spacial score (nSPS) is 12.6. The lowest BCUT2D eigenvalue weighted by Crippen LogP contribution is -2.44. The van der Waals surface area contributed by atoms with Gasteiger partial charge in [-0.25, -0.2) is 9.78 Å². The summed E-state index contributed by atoms with van der Waals surface area (Å²) in [7, 11) is 9.21. The molecule has 0 saturated carbocycles. The standard InChI is InChI=1S/C27H28BN3O3.C6H14O2.C2H6O/c1-5-10-31(26(32)34-27(2,3)4)14-24-29-22-9-6-16-12-21-19-8-7-18(28)11-17(19)15-33-23(21)13-20(16)25(22)30-24;1-5(2,7)6(3,4)8;1-3-2/h6-9,11-13H,5,10,14-15H2,1-4H3,(H,29,30);7-8H,1-4H3;1-2H3. The van der Waals surface area contributed by atoms with Crippen LogP contribution in [0.25, 0.3) is 32.9 Å². The molecule has 1 aliphatic rings. The number of carbonyl (C=O) groups is 1. The van der Waals surface area contributed by atoms with E-state index < -0.39 is 16.8 Å². The number of hydrogen-bond donors (Lipinski definition) is 3. The quantitative estimate of drug-likeness (QED) is 0.235. The molecule has 0 saturated heterocycles. The Morgan fingerprint density at radius 2 is 1.64 bits per heavy atom. The summed E-state index contributed by atoms with van der Waals surface area (Å²) < 4.78 is 15.9. The number of fused-ring (bicyclic) bond motifs is 6. The van der Waals surface area contributed by atoms with Gasteiger partial charge in [-0.2, -0.15) is 0 Å². The van der Waals surface area contributed by atoms with E-state index in [2.05, 4.69) is 34.0 Å². The highest BCUT2D eigenvalue weighted by Crippen LogP contribution is 2.41. The molecule has 2 heterocycles. The first-order chi connectivity index (χ1) is 20.9. The number of H-pyrrole nitrogens is 1. The highest BCUT2D eigenvalue weighted by molar-refractivity contribution is 6.32. The molecule has 0 aliphatic carbocycles. The van der Waals surface area contributed by atoms with Crippen LogP contribution in [0.1, 0.15) is 73.2 Å². The van der Waals surface area contributed by atoms with Gasteiger partial charge in [-0.1, -0.05) is 36.7 Å². The molecule has 0 atom stereocenters. The van der Waals surface area contributed by atoms with Crippen molar-refractivity contribution >= 4 is 41.2 Å². The lowest BCUT2D eigenvalue weighted by molar-refractivity contribution is -0.107. The fraction of sp³-hybridized carbons (Fsp3) is 0.486. The average molecular weight is 618 g/mol. The van der Waals surface area contributed by atoms with E-state index >= 15 is 0 Å². The highest BCUT2D eigenvalue weighted by Gasteiger charge is 2.32. The number of benzene rings is 3. The zero-order chi connectivity index (χ0) is 33.7. The van der Waals surface area contributed by atoms with Crippen LogP contribution < -0.4 is 10.2 Å². The molecule has 9 nitrogen and oxygen atoms in total. The van der Waals surface area contributed by atoms with Crippen LogP contribution >= 0.6 is 0 Å². The predicted octanol–water partition coefficient (Wildman–Crippen LogP) is 6.01. The third kappa shape index (κ3) is 9.22. The van der Waals surface area contributed by atoms with E-state index in [-0.39, 0.29) is 6.09 Å². The first-order valence-corrected chi connectivity index (χ1v) is 15.2. The summed E-state index contributed by atoms with van der Waals surface area (Å²) in [6.07, 6.45) is 0.500. The molecule has 1 aliphatic heterocycles. The monoisotopic (exact) mass is 617 g/mol. The second-order valence-electron chi connectivity index (χ2n) is 13.3. The van der Waals surface area contributed by atoms with Gasteiger partial charge in [0.15, 0.2) is 0 Å². The Hall–Kier alpha value is -3.60. The summed E-state index contributed by atoms with van der Waals surface area (Å²) in [5.74, 6) is 1.56. The molecule has 3 aromatic carbocycles. The minimum absolute atomic E-state index is 0.332. The molecule has 5 rings (SSSR count). The number of imidazole rings is 1. The van der Waals surface area contributed by atoms with Gasteiger partial charge in [0, 0.05) is 31.7 Å². The van der Waals surface area contributed by atoms with E-state index in [1.165, 1.54) is 0 Å². The molecule has 10 heteroatoms. The smallest absolute Gasteiger partial charge is 0.410 e. The Kier molecular flexibility index (Phi) is 11.3. The topological polar surface area (TPSA) is 117 Å². The third-order valence-electron chi connectivity index (χ3n) is 7.40. The maximum absolute atomic E-state index is 12.7. The number of carbonyl (C=O) groups excluding carboxylic acids is 1. The fourth-order valence-corrected chi connectivity index (χ4v) is 4.44. The molecule has 0 spiro atoms. The number of nitrogens with one attached hydrogen (secondary N) is 1. The first-order valence-electron chi connectivity index (χ1n) is 15.2. The van der Waals surface area contributed by atoms with Crippen LogP contribution in [0.5, 0.6) is 5.75 Å². The van der Waals surface area contributed by atoms with Crippen LogP contribution in [0.3, 0.4) is 0 Å². The van der Waals surface area contributed by atoms with E-state index in [9.17, 15) is 4.79 Å². The fourth-order valence-electron chi connectivity index (χ4n) is 4.44. The van der Waals surface area contributed by atoms with Gasteiger partial charge in [-0.15, -0.1) is 0 Å². The molecule has 242 valence electrons. The first kappa shape index (κ1) is 35.9. The van der Waals surface area contributed by atoms with E-state index in [1.54, 1.807) is 46.8 Å². The minimum Gasteiger partial charge on any atom is -0.488 e. The van der Waals surface area contributed by atoms with Crippen molar-refractivity contribution in [2.75, 3.05) is 20.8 Å². The van der Waals surface area contributed by atoms with Crippen molar-refractivity contribution in [1.82, 2.24) is 14.9 Å². The van der Waals surface area contributed by atoms with E-state index in [0.717, 1.165) is 62.0 Å². The second-order valence-corrected chi connectivity index (χ2v) is 13.3. The third-order valence-corrected chi connectivity index (χ3v) is 7.40. The molecule has 0 unspecified atom stereocenters. The molecule has 0 bridgehead atoms. The van der Waals surface area contributed by atoms with Gasteiger partial charge in [0.05, 0.1) is 28.8 Å². The Morgan fingerprint density at radius 1 is 1.00 bits per heavy atom. The number of rotatable bonds is 5. The van der Waals surface area contributed by atoms with Gasteiger partial charge in [0.2, 0.25) is 0 Å². The SMILES string of the molecule is CC(C)(O)C(C)(C)O.COC.[B]c1ccc2c(c1)COc1cc3c(ccc4[nH]c(CN(CCC)C(=O)OC(C)(C)C)nc43)cc1-2. The number of methoxy groups -OCH3 is 1. The van der Waals surface area contributed by atoms with Crippen molar-refractivity contribution in [1.29, 1.82) is 0 Å². The van der Waals surface area contributed by atoms with Crippen molar-refractivity contribution < 1.29 is 29.2 Å². The number of ether oxygens (including phenoxy) is 3. The summed E-state index contributed by atoms with van der Waals surface area (Å²) >= 11 is 0. The van der Waals surface area contributed by atoms with Crippen LogP contribution in [-0.2, 0) is 22.6 Å². The number of hydrogen-bond acceptors (Lipinski definition) is 7. The van der Waals surface area contributed by atoms with Gasteiger partial charge < -0.3 is 34.3 Å². The van der Waals surface area contributed by atoms with Crippen LogP contribution in [0, 0.1) is 0 Å². The van der Waals surface area contributed by atoms with Crippen molar-refractivity contribution in [3.8, 4) is 16.9 Å². The maximum atomic E-state index is 12.7. The maximum Gasteiger partial charge on any atom is 0.410 e. The summed E-state index contributed by atoms with van der Waals surface area (Å²) in [5.41, 5.74) is 3.26. The van der Waals surface area contributed by atoms with Crippen LogP contribution in [0.2, 0.25) is 0 Å². The Morgan fingerprint density at radius 3 is 2.22 bits per heavy atom. The summed E-state index contributed by atoms with van der Waals surface area (Å²) in [5, 5.41) is 20.3. The number of nitrogens with zero attached hydrogens (tertiary/aromatic N) is 2. The van der Waals surface area contributed by atoms with Crippen molar-refractivity contribution in [3.05, 3.63) is 53.9 Å². The van der Waals surface area contributed by atoms with Gasteiger partial charge in [-0.3, -0.25) is 0 Å². The molecule has 3 N–H and O–H groups in total. The van der Waals surface area contributed by atoms with E-state index in [4.69, 9.17) is 32.5 Å². The predicted molar refractivity (Wildman–Crippen MR) is 181 cm³/mol. The Labute approximate surface area is 268 Å². The second kappa shape index (κ2) is 14.2. The lowest BCUT2D eigenvalue weighted by atomic mass is 9.88. The number of aromatic amines is 1. The lowest BCUT2D eigenvalue weighted by Gasteiger charge is -2.31. The Bertz CT molecular complexity index is 1600. The van der Waals surface area contributed by atoms with Crippen LogP contribution in [0.15, 0.2) is 42.5 Å². The molecule has 1 amide bonds. The minimum atomic E-state index is -1.01. The highest BCUT2D eigenvalue weighted by atomic mass is 16.6. The van der Waals surface area contributed by atoms with Gasteiger partial charge in [-0.05, 0) is 89.6 Å². The largest absolute Gasteiger partial charge is 0.488 e. The number of aromatic nitrogens is 2. The summed E-state index contributed by atoms with van der Waals surface area (Å²) in [6, 6.07) is 14.3. The molecule has 1 aromatic heterocycles. The van der Waals surface area contributed by atoms with E-state index in [0.29, 0.717) is 19.7 Å². The molecule has 45 heavy (non-hydrogen) atoms. The van der Waals surface area contributed by atoms with Crippen LogP contribution in [-0.4, -0.2) is 76.6 Å². The van der Waals surface area contributed by atoms with Crippen molar-refractivity contribution in [2.24, 2.45) is 0 Å². The summed E-state index contributed by atoms with van der Waals surface area (Å²) in [6.45, 7) is 15.4.